The third kappa shape index (κ3) is 5.95. The van der Waals surface area contributed by atoms with Gasteiger partial charge in [0.25, 0.3) is 0 Å². The van der Waals surface area contributed by atoms with Gasteiger partial charge in [0.1, 0.15) is 12.7 Å². The minimum Gasteiger partial charge on any atom is -0.455 e. The first kappa shape index (κ1) is 22.6. The van der Waals surface area contributed by atoms with Crippen molar-refractivity contribution in [1.29, 1.82) is 0 Å². The van der Waals surface area contributed by atoms with Crippen molar-refractivity contribution in [3.8, 4) is 0 Å². The Labute approximate surface area is 181 Å². The molecule has 3 heteroatoms. The highest BCUT2D eigenvalue weighted by Crippen LogP contribution is 2.36. The molecule has 1 aliphatic rings. The number of ether oxygens (including phenoxy) is 2. The number of hydrogen-bond donors (Lipinski definition) is 0. The number of rotatable bonds is 8. The van der Waals surface area contributed by atoms with Crippen molar-refractivity contribution in [2.24, 2.45) is 17.8 Å². The smallest absolute Gasteiger partial charge is 0.332 e. The first-order valence-corrected chi connectivity index (χ1v) is 11.4. The first-order valence-electron chi connectivity index (χ1n) is 11.4. The van der Waals surface area contributed by atoms with E-state index in [0.717, 1.165) is 17.5 Å². The lowest BCUT2D eigenvalue weighted by atomic mass is 9.75. The Bertz CT molecular complexity index is 771. The molecule has 0 heterocycles. The van der Waals surface area contributed by atoms with Crippen LogP contribution in [-0.2, 0) is 14.3 Å². The van der Waals surface area contributed by atoms with Crippen LogP contribution in [0.25, 0.3) is 0 Å². The van der Waals surface area contributed by atoms with E-state index in [2.05, 4.69) is 39.8 Å². The molecule has 0 radical (unpaired) electrons. The highest BCUT2D eigenvalue weighted by Gasteiger charge is 2.32. The minimum absolute atomic E-state index is 0.0193. The molecule has 0 amide bonds. The maximum atomic E-state index is 12.8. The van der Waals surface area contributed by atoms with E-state index in [4.69, 9.17) is 9.47 Å². The van der Waals surface area contributed by atoms with Gasteiger partial charge < -0.3 is 9.47 Å². The van der Waals surface area contributed by atoms with Gasteiger partial charge in [-0.1, -0.05) is 94.8 Å². The molecule has 5 atom stereocenters. The quantitative estimate of drug-likeness (QED) is 0.465. The minimum atomic E-state index is -0.337. The average Bonchev–Trinajstić information content (AvgIpc) is 2.76. The summed E-state index contributed by atoms with van der Waals surface area (Å²) in [4.78, 5) is 12.8. The molecule has 2 aromatic rings. The Kier molecular flexibility index (Phi) is 8.09. The Morgan fingerprint density at radius 3 is 2.13 bits per heavy atom. The molecule has 2 aromatic carbocycles. The maximum absolute atomic E-state index is 12.8. The van der Waals surface area contributed by atoms with E-state index in [1.807, 2.05) is 48.5 Å². The molecule has 0 N–H and O–H groups in total. The Balaban J connectivity index is 1.67. The Morgan fingerprint density at radius 2 is 1.53 bits per heavy atom. The van der Waals surface area contributed by atoms with Gasteiger partial charge in [0.05, 0.1) is 6.10 Å². The monoisotopic (exact) mass is 408 g/mol. The molecule has 0 saturated heterocycles. The fourth-order valence-corrected chi connectivity index (χ4v) is 4.69. The lowest BCUT2D eigenvalue weighted by Gasteiger charge is -2.37. The number of esters is 1. The summed E-state index contributed by atoms with van der Waals surface area (Å²) < 4.78 is 12.1. The second-order valence-corrected chi connectivity index (χ2v) is 9.20. The summed E-state index contributed by atoms with van der Waals surface area (Å²) in [7, 11) is 0. The standard InChI is InChI=1S/C27H36O3/c1-19(2)24-16-15-20(3)17-25(24)29-18-26(28)30-27(23-13-9-6-10-14-23)21(4)22-11-7-5-8-12-22/h5-14,19-21,24-25,27H,15-18H2,1-4H3/t20-,21+,24-,25+,27-/m0/s1. The summed E-state index contributed by atoms with van der Waals surface area (Å²) >= 11 is 0. The molecule has 0 aromatic heterocycles. The van der Waals surface area contributed by atoms with Crippen molar-refractivity contribution in [2.45, 2.75) is 65.1 Å². The van der Waals surface area contributed by atoms with Gasteiger partial charge >= 0.3 is 5.97 Å². The zero-order chi connectivity index (χ0) is 21.5. The highest BCUT2D eigenvalue weighted by atomic mass is 16.6. The third-order valence-corrected chi connectivity index (χ3v) is 6.54. The van der Waals surface area contributed by atoms with Crippen LogP contribution in [0.3, 0.4) is 0 Å². The van der Waals surface area contributed by atoms with Gasteiger partial charge in [-0.15, -0.1) is 0 Å². The SMILES string of the molecule is CC(C)[C@@H]1CC[C@H](C)C[C@H]1OCC(=O)O[C@H](c1ccccc1)[C@H](C)c1ccccc1. The van der Waals surface area contributed by atoms with Crippen LogP contribution in [0.15, 0.2) is 60.7 Å². The maximum Gasteiger partial charge on any atom is 0.332 e. The average molecular weight is 409 g/mol. The van der Waals surface area contributed by atoms with Crippen LogP contribution in [0.4, 0.5) is 0 Å². The summed E-state index contributed by atoms with van der Waals surface area (Å²) in [6.45, 7) is 8.91. The van der Waals surface area contributed by atoms with Crippen molar-refractivity contribution in [3.63, 3.8) is 0 Å². The molecule has 3 nitrogen and oxygen atoms in total. The van der Waals surface area contributed by atoms with Crippen LogP contribution >= 0.6 is 0 Å². The molecule has 0 aliphatic heterocycles. The predicted molar refractivity (Wildman–Crippen MR) is 121 cm³/mol. The zero-order valence-corrected chi connectivity index (χ0v) is 18.8. The number of carbonyl (C=O) groups is 1. The molecule has 1 fully saturated rings. The lowest BCUT2D eigenvalue weighted by molar-refractivity contribution is -0.161. The second kappa shape index (κ2) is 10.8. The summed E-state index contributed by atoms with van der Waals surface area (Å²) in [5.41, 5.74) is 2.16. The van der Waals surface area contributed by atoms with Crippen molar-refractivity contribution >= 4 is 5.97 Å². The van der Waals surface area contributed by atoms with Crippen molar-refractivity contribution in [3.05, 3.63) is 71.8 Å². The van der Waals surface area contributed by atoms with Crippen LogP contribution in [0, 0.1) is 17.8 Å². The van der Waals surface area contributed by atoms with Gasteiger partial charge in [0.15, 0.2) is 0 Å². The van der Waals surface area contributed by atoms with Crippen LogP contribution in [0.5, 0.6) is 0 Å². The Hall–Kier alpha value is -2.13. The van der Waals surface area contributed by atoms with Crippen LogP contribution < -0.4 is 0 Å². The molecule has 1 saturated carbocycles. The Morgan fingerprint density at radius 1 is 0.933 bits per heavy atom. The topological polar surface area (TPSA) is 35.5 Å². The number of carbonyl (C=O) groups excluding carboxylic acids is 1. The van der Waals surface area contributed by atoms with Crippen LogP contribution in [0.1, 0.15) is 70.1 Å². The fraction of sp³-hybridized carbons (Fsp3) is 0.519. The van der Waals surface area contributed by atoms with Gasteiger partial charge in [0.2, 0.25) is 0 Å². The zero-order valence-electron chi connectivity index (χ0n) is 18.8. The van der Waals surface area contributed by atoms with E-state index < -0.39 is 0 Å². The van der Waals surface area contributed by atoms with Crippen molar-refractivity contribution < 1.29 is 14.3 Å². The highest BCUT2D eigenvalue weighted by molar-refractivity contribution is 5.71. The molecule has 3 rings (SSSR count). The van der Waals surface area contributed by atoms with Gasteiger partial charge in [-0.3, -0.25) is 0 Å². The molecular formula is C27H36O3. The molecular weight excluding hydrogens is 372 g/mol. The van der Waals surface area contributed by atoms with E-state index in [0.29, 0.717) is 17.8 Å². The molecule has 1 aliphatic carbocycles. The van der Waals surface area contributed by atoms with Gasteiger partial charge in [0, 0.05) is 5.92 Å². The molecule has 0 bridgehead atoms. The third-order valence-electron chi connectivity index (χ3n) is 6.54. The first-order chi connectivity index (χ1) is 14.5. The number of benzene rings is 2. The van der Waals surface area contributed by atoms with E-state index in [1.54, 1.807) is 0 Å². The summed E-state index contributed by atoms with van der Waals surface area (Å²) in [5, 5.41) is 0. The fourth-order valence-electron chi connectivity index (χ4n) is 4.69. The van der Waals surface area contributed by atoms with Crippen LogP contribution in [0.2, 0.25) is 0 Å². The normalized spacial score (nSPS) is 23.7. The molecule has 0 unspecified atom stereocenters. The summed E-state index contributed by atoms with van der Waals surface area (Å²) in [6, 6.07) is 20.2. The number of hydrogen-bond acceptors (Lipinski definition) is 3. The van der Waals surface area contributed by atoms with Crippen molar-refractivity contribution in [2.75, 3.05) is 6.61 Å². The molecule has 162 valence electrons. The summed E-state index contributed by atoms with van der Waals surface area (Å²) in [6.07, 6.45) is 3.26. The van der Waals surface area contributed by atoms with E-state index in [-0.39, 0.29) is 30.7 Å². The second-order valence-electron chi connectivity index (χ2n) is 9.20. The molecule has 30 heavy (non-hydrogen) atoms. The predicted octanol–water partition coefficient (Wildman–Crippen LogP) is 6.55. The van der Waals surface area contributed by atoms with Crippen LogP contribution in [-0.4, -0.2) is 18.7 Å². The van der Waals surface area contributed by atoms with Gasteiger partial charge in [-0.05, 0) is 41.7 Å². The van der Waals surface area contributed by atoms with Gasteiger partial charge in [-0.25, -0.2) is 4.79 Å². The largest absolute Gasteiger partial charge is 0.455 e. The lowest BCUT2D eigenvalue weighted by Crippen LogP contribution is -2.36. The van der Waals surface area contributed by atoms with E-state index >= 15 is 0 Å². The molecule has 0 spiro atoms. The van der Waals surface area contributed by atoms with E-state index in [1.165, 1.54) is 12.8 Å². The van der Waals surface area contributed by atoms with E-state index in [9.17, 15) is 4.79 Å². The van der Waals surface area contributed by atoms with Crippen molar-refractivity contribution in [1.82, 2.24) is 0 Å². The van der Waals surface area contributed by atoms with Gasteiger partial charge in [-0.2, -0.15) is 0 Å². The summed E-state index contributed by atoms with van der Waals surface area (Å²) in [5.74, 6) is 1.50.